The number of piperidine rings is 1. The zero-order valence-electron chi connectivity index (χ0n) is 12.3. The van der Waals surface area contributed by atoms with Crippen molar-refractivity contribution >= 4 is 10.0 Å². The highest BCUT2D eigenvalue weighted by molar-refractivity contribution is 7.89. The molecule has 0 bridgehead atoms. The van der Waals surface area contributed by atoms with Gasteiger partial charge in [0.2, 0.25) is 0 Å². The molecule has 0 spiro atoms. The van der Waals surface area contributed by atoms with Crippen LogP contribution in [0.25, 0.3) is 0 Å². The standard InChI is InChI=1S/C13H23N3O3S/c1-10(17)8-12-6-4-5-7-16(12)20(18,19)13-9-15(3)11(2)14-13/h9-10,12,17H,4-8H2,1-3H3. The van der Waals surface area contributed by atoms with Gasteiger partial charge in [0.05, 0.1) is 6.10 Å². The van der Waals surface area contributed by atoms with Gasteiger partial charge in [0, 0.05) is 25.8 Å². The van der Waals surface area contributed by atoms with Crippen molar-refractivity contribution in [2.24, 2.45) is 7.05 Å². The first-order chi connectivity index (χ1) is 9.32. The van der Waals surface area contributed by atoms with E-state index < -0.39 is 16.1 Å². The van der Waals surface area contributed by atoms with E-state index in [9.17, 15) is 13.5 Å². The predicted octanol–water partition coefficient (Wildman–Crippen LogP) is 1.04. The smallest absolute Gasteiger partial charge is 0.262 e. The van der Waals surface area contributed by atoms with Crippen LogP contribution in [0.4, 0.5) is 0 Å². The van der Waals surface area contributed by atoms with Crippen molar-refractivity contribution in [2.75, 3.05) is 6.54 Å². The second-order valence-corrected chi connectivity index (χ2v) is 7.42. The Morgan fingerprint density at radius 3 is 2.75 bits per heavy atom. The molecule has 2 unspecified atom stereocenters. The van der Waals surface area contributed by atoms with E-state index in [1.54, 1.807) is 31.7 Å². The third kappa shape index (κ3) is 3.05. The van der Waals surface area contributed by atoms with Gasteiger partial charge in [-0.3, -0.25) is 0 Å². The molecule has 0 radical (unpaired) electrons. The molecule has 2 heterocycles. The molecule has 1 aliphatic rings. The predicted molar refractivity (Wildman–Crippen MR) is 75.8 cm³/mol. The normalized spacial score (nSPS) is 22.9. The van der Waals surface area contributed by atoms with E-state index in [0.29, 0.717) is 18.8 Å². The lowest BCUT2D eigenvalue weighted by Crippen LogP contribution is -2.45. The van der Waals surface area contributed by atoms with Gasteiger partial charge in [0.1, 0.15) is 5.82 Å². The summed E-state index contributed by atoms with van der Waals surface area (Å²) in [6.07, 6.45) is 4.20. The monoisotopic (exact) mass is 301 g/mol. The first-order valence-corrected chi connectivity index (χ1v) is 8.46. The van der Waals surface area contributed by atoms with Crippen LogP contribution in [0, 0.1) is 6.92 Å². The van der Waals surface area contributed by atoms with Crippen LogP contribution >= 0.6 is 0 Å². The minimum Gasteiger partial charge on any atom is -0.393 e. The minimum absolute atomic E-state index is 0.106. The maximum Gasteiger partial charge on any atom is 0.262 e. The zero-order valence-corrected chi connectivity index (χ0v) is 13.1. The summed E-state index contributed by atoms with van der Waals surface area (Å²) in [5, 5.41) is 9.67. The average Bonchev–Trinajstić information content (AvgIpc) is 2.70. The van der Waals surface area contributed by atoms with E-state index in [2.05, 4.69) is 4.98 Å². The second kappa shape index (κ2) is 5.83. The topological polar surface area (TPSA) is 75.4 Å². The summed E-state index contributed by atoms with van der Waals surface area (Å²) in [4.78, 5) is 4.14. The van der Waals surface area contributed by atoms with Crippen LogP contribution in [0.3, 0.4) is 0 Å². The minimum atomic E-state index is -3.57. The van der Waals surface area contributed by atoms with E-state index in [1.165, 1.54) is 4.31 Å². The van der Waals surface area contributed by atoms with Gasteiger partial charge in [-0.2, -0.15) is 4.31 Å². The molecule has 1 aromatic rings. The van der Waals surface area contributed by atoms with Crippen LogP contribution in [0.15, 0.2) is 11.2 Å². The van der Waals surface area contributed by atoms with Gasteiger partial charge in [0.25, 0.3) is 10.0 Å². The van der Waals surface area contributed by atoms with E-state index in [0.717, 1.165) is 19.3 Å². The van der Waals surface area contributed by atoms with Gasteiger partial charge in [0.15, 0.2) is 5.03 Å². The van der Waals surface area contributed by atoms with Crippen LogP contribution in [-0.2, 0) is 17.1 Å². The molecule has 1 saturated heterocycles. The number of hydrogen-bond acceptors (Lipinski definition) is 4. The van der Waals surface area contributed by atoms with E-state index in [-0.39, 0.29) is 11.1 Å². The van der Waals surface area contributed by atoms with Crippen molar-refractivity contribution in [2.45, 2.75) is 56.7 Å². The summed E-state index contributed by atoms with van der Waals surface area (Å²) in [5.41, 5.74) is 0. The molecule has 2 atom stereocenters. The fourth-order valence-corrected chi connectivity index (χ4v) is 4.42. The van der Waals surface area contributed by atoms with E-state index in [1.807, 2.05) is 0 Å². The molecule has 1 fully saturated rings. The number of aliphatic hydroxyl groups is 1. The Morgan fingerprint density at radius 1 is 1.50 bits per heavy atom. The number of nitrogens with zero attached hydrogens (tertiary/aromatic N) is 3. The molecule has 7 heteroatoms. The van der Waals surface area contributed by atoms with Crippen LogP contribution in [-0.4, -0.2) is 46.1 Å². The first kappa shape index (κ1) is 15.5. The number of imidazole rings is 1. The molecule has 1 aliphatic heterocycles. The molecule has 1 N–H and O–H groups in total. The Labute approximate surface area is 120 Å². The first-order valence-electron chi connectivity index (χ1n) is 7.02. The molecule has 0 amide bonds. The highest BCUT2D eigenvalue weighted by atomic mass is 32.2. The quantitative estimate of drug-likeness (QED) is 0.901. The number of rotatable bonds is 4. The summed E-state index contributed by atoms with van der Waals surface area (Å²) in [6.45, 7) is 3.99. The van der Waals surface area contributed by atoms with Crippen LogP contribution in [0.1, 0.15) is 38.4 Å². The van der Waals surface area contributed by atoms with Crippen molar-refractivity contribution in [3.63, 3.8) is 0 Å². The SMILES string of the molecule is Cc1nc(S(=O)(=O)N2CCCCC2CC(C)O)cn1C. The van der Waals surface area contributed by atoms with Crippen molar-refractivity contribution in [1.82, 2.24) is 13.9 Å². The Bertz CT molecular complexity index is 546. The summed E-state index contributed by atoms with van der Waals surface area (Å²) in [6, 6.07) is -0.129. The lowest BCUT2D eigenvalue weighted by Gasteiger charge is -2.34. The Morgan fingerprint density at radius 2 is 2.20 bits per heavy atom. The Hall–Kier alpha value is -0.920. The number of aryl methyl sites for hydroxylation is 2. The number of aliphatic hydroxyl groups excluding tert-OH is 1. The molecule has 0 aliphatic carbocycles. The third-order valence-electron chi connectivity index (χ3n) is 3.85. The molecule has 0 saturated carbocycles. The highest BCUT2D eigenvalue weighted by Gasteiger charge is 2.35. The lowest BCUT2D eigenvalue weighted by atomic mass is 10.00. The van der Waals surface area contributed by atoms with Crippen LogP contribution in [0.2, 0.25) is 0 Å². The molecule has 0 aromatic carbocycles. The largest absolute Gasteiger partial charge is 0.393 e. The van der Waals surface area contributed by atoms with Gasteiger partial charge < -0.3 is 9.67 Å². The lowest BCUT2D eigenvalue weighted by molar-refractivity contribution is 0.131. The van der Waals surface area contributed by atoms with Crippen molar-refractivity contribution in [1.29, 1.82) is 0 Å². The fourth-order valence-electron chi connectivity index (χ4n) is 2.69. The highest BCUT2D eigenvalue weighted by Crippen LogP contribution is 2.27. The Kier molecular flexibility index (Phi) is 4.51. The summed E-state index contributed by atoms with van der Waals surface area (Å²) >= 11 is 0. The molecular formula is C13H23N3O3S. The average molecular weight is 301 g/mol. The van der Waals surface area contributed by atoms with Gasteiger partial charge in [-0.25, -0.2) is 13.4 Å². The Balaban J connectivity index is 2.30. The van der Waals surface area contributed by atoms with Gasteiger partial charge in [-0.15, -0.1) is 0 Å². The maximum atomic E-state index is 12.7. The zero-order chi connectivity index (χ0) is 14.9. The van der Waals surface area contributed by atoms with E-state index >= 15 is 0 Å². The molecule has 6 nitrogen and oxygen atoms in total. The summed E-state index contributed by atoms with van der Waals surface area (Å²) in [5.74, 6) is 0.674. The van der Waals surface area contributed by atoms with Gasteiger partial charge in [-0.05, 0) is 33.1 Å². The molecule has 2 rings (SSSR count). The fraction of sp³-hybridized carbons (Fsp3) is 0.769. The maximum absolute atomic E-state index is 12.7. The molecule has 20 heavy (non-hydrogen) atoms. The van der Waals surface area contributed by atoms with Gasteiger partial charge >= 0.3 is 0 Å². The van der Waals surface area contributed by atoms with E-state index in [4.69, 9.17) is 0 Å². The number of hydrogen-bond donors (Lipinski definition) is 1. The van der Waals surface area contributed by atoms with Crippen LogP contribution < -0.4 is 0 Å². The van der Waals surface area contributed by atoms with Crippen molar-refractivity contribution in [3.8, 4) is 0 Å². The van der Waals surface area contributed by atoms with Crippen molar-refractivity contribution in [3.05, 3.63) is 12.0 Å². The van der Waals surface area contributed by atoms with Gasteiger partial charge in [-0.1, -0.05) is 6.42 Å². The molecular weight excluding hydrogens is 278 g/mol. The molecule has 114 valence electrons. The second-order valence-electron chi connectivity index (χ2n) is 5.59. The van der Waals surface area contributed by atoms with Crippen molar-refractivity contribution < 1.29 is 13.5 Å². The third-order valence-corrected chi connectivity index (χ3v) is 5.67. The number of aromatic nitrogens is 2. The summed E-state index contributed by atoms with van der Waals surface area (Å²) < 4.78 is 28.7. The molecule has 1 aromatic heterocycles. The number of sulfonamides is 1. The summed E-state index contributed by atoms with van der Waals surface area (Å²) in [7, 11) is -1.79. The van der Waals surface area contributed by atoms with Crippen LogP contribution in [0.5, 0.6) is 0 Å².